The van der Waals surface area contributed by atoms with Crippen LogP contribution in [0.4, 0.5) is 0 Å². The fourth-order valence-corrected chi connectivity index (χ4v) is 7.04. The van der Waals surface area contributed by atoms with Gasteiger partial charge >= 0.3 is 11.9 Å². The molecule has 4 bridgehead atoms. The van der Waals surface area contributed by atoms with Crippen LogP contribution in [0.1, 0.15) is 97.8 Å². The third kappa shape index (κ3) is 7.74. The van der Waals surface area contributed by atoms with Crippen LogP contribution in [-0.2, 0) is 19.1 Å². The lowest BCUT2D eigenvalue weighted by Crippen LogP contribution is -2.47. The predicted octanol–water partition coefficient (Wildman–Crippen LogP) is 5.61. The summed E-state index contributed by atoms with van der Waals surface area (Å²) in [7, 11) is 0. The molecule has 4 fully saturated rings. The normalized spacial score (nSPS) is 29.3. The van der Waals surface area contributed by atoms with Crippen molar-refractivity contribution in [2.24, 2.45) is 29.1 Å². The number of hydrogen-bond donors (Lipinski definition) is 0. The summed E-state index contributed by atoms with van der Waals surface area (Å²) in [6.45, 7) is 10.5. The van der Waals surface area contributed by atoms with Crippen molar-refractivity contribution in [3.63, 3.8) is 0 Å². The molecule has 0 N–H and O–H groups in total. The number of carbonyl (C=O) groups is 2. The van der Waals surface area contributed by atoms with Gasteiger partial charge in [0.2, 0.25) is 0 Å². The van der Waals surface area contributed by atoms with E-state index in [4.69, 9.17) is 9.47 Å². The van der Waals surface area contributed by atoms with Crippen molar-refractivity contribution in [1.29, 1.82) is 0 Å². The van der Waals surface area contributed by atoms with E-state index < -0.39 is 0 Å². The minimum atomic E-state index is -0.107. The van der Waals surface area contributed by atoms with Crippen LogP contribution >= 0.6 is 0 Å². The fraction of sp³-hybridized carbons (Fsp3) is 0.926. The number of hydrogen-bond acceptors (Lipinski definition) is 5. The molecule has 4 aliphatic carbocycles. The van der Waals surface area contributed by atoms with Crippen LogP contribution in [0.3, 0.4) is 0 Å². The van der Waals surface area contributed by atoms with Gasteiger partial charge in [0, 0.05) is 6.42 Å². The van der Waals surface area contributed by atoms with Gasteiger partial charge in [-0.3, -0.25) is 9.59 Å². The molecule has 0 heterocycles. The van der Waals surface area contributed by atoms with Crippen LogP contribution < -0.4 is 0 Å². The summed E-state index contributed by atoms with van der Waals surface area (Å²) in [6.07, 6.45) is 12.9. The van der Waals surface area contributed by atoms with E-state index in [9.17, 15) is 9.59 Å². The van der Waals surface area contributed by atoms with Crippen LogP contribution in [-0.4, -0.2) is 49.7 Å². The van der Waals surface area contributed by atoms with Gasteiger partial charge in [-0.1, -0.05) is 20.8 Å². The quantitative estimate of drug-likeness (QED) is 0.304. The van der Waals surface area contributed by atoms with Gasteiger partial charge in [-0.05, 0) is 113 Å². The second-order valence-electron chi connectivity index (χ2n) is 11.3. The molecule has 5 heteroatoms. The lowest BCUT2D eigenvalue weighted by molar-refractivity contribution is -0.154. The van der Waals surface area contributed by atoms with Gasteiger partial charge < -0.3 is 14.4 Å². The van der Waals surface area contributed by atoms with Crippen LogP contribution in [0.15, 0.2) is 0 Å². The second kappa shape index (κ2) is 12.4. The van der Waals surface area contributed by atoms with Crippen molar-refractivity contribution in [2.45, 2.75) is 97.8 Å². The molecule has 0 aromatic carbocycles. The molecule has 0 radical (unpaired) electrons. The molecule has 4 aliphatic rings. The largest absolute Gasteiger partial charge is 0.466 e. The Bertz CT molecular complexity index is 563. The Morgan fingerprint density at radius 1 is 0.906 bits per heavy atom. The maximum atomic E-state index is 12.6. The zero-order valence-corrected chi connectivity index (χ0v) is 20.9. The van der Waals surface area contributed by atoms with Gasteiger partial charge in [0.15, 0.2) is 0 Å². The standard InChI is InChI=1S/C27H47NO4/c1-4-9-28(10-5-2)11-6-7-25(29)31-12-8-21(3)20-32-26(30)19-27-16-22-13-23(17-27)15-24(14-22)18-27/h21-24H,4-20H2,1-3H3. The van der Waals surface area contributed by atoms with E-state index in [1.807, 2.05) is 0 Å². The number of rotatable bonds is 15. The summed E-state index contributed by atoms with van der Waals surface area (Å²) in [5, 5.41) is 0. The predicted molar refractivity (Wildman–Crippen MR) is 127 cm³/mol. The van der Waals surface area contributed by atoms with E-state index >= 15 is 0 Å². The summed E-state index contributed by atoms with van der Waals surface area (Å²) < 4.78 is 11.1. The van der Waals surface area contributed by atoms with Crippen LogP contribution in [0.2, 0.25) is 0 Å². The molecule has 1 atom stereocenters. The summed E-state index contributed by atoms with van der Waals surface area (Å²) in [5.74, 6) is 2.69. The molecule has 1 unspecified atom stereocenters. The molecule has 0 aliphatic heterocycles. The summed E-state index contributed by atoms with van der Waals surface area (Å²) in [5.41, 5.74) is 0.244. The maximum Gasteiger partial charge on any atom is 0.306 e. The minimum Gasteiger partial charge on any atom is -0.466 e. The highest BCUT2D eigenvalue weighted by molar-refractivity contribution is 5.70. The third-order valence-corrected chi connectivity index (χ3v) is 8.02. The van der Waals surface area contributed by atoms with Crippen molar-refractivity contribution in [2.75, 3.05) is 32.8 Å². The topological polar surface area (TPSA) is 55.8 Å². The highest BCUT2D eigenvalue weighted by Crippen LogP contribution is 2.61. The third-order valence-electron chi connectivity index (χ3n) is 8.02. The van der Waals surface area contributed by atoms with E-state index in [1.54, 1.807) is 0 Å². The Hall–Kier alpha value is -1.10. The first-order chi connectivity index (χ1) is 15.4. The lowest BCUT2D eigenvalue weighted by atomic mass is 9.49. The van der Waals surface area contributed by atoms with E-state index in [0.717, 1.165) is 63.1 Å². The molecule has 4 saturated carbocycles. The summed E-state index contributed by atoms with van der Waals surface area (Å²) in [4.78, 5) is 27.0. The SMILES string of the molecule is CCCN(CCC)CCCC(=O)OCCC(C)COC(=O)CC12CC3CC(CC(C3)C1)C2. The van der Waals surface area contributed by atoms with Crippen molar-refractivity contribution in [3.8, 4) is 0 Å². The molecule has 0 spiro atoms. The first-order valence-corrected chi connectivity index (χ1v) is 13.4. The first kappa shape index (κ1) is 25.5. The fourth-order valence-electron chi connectivity index (χ4n) is 7.04. The number of carbonyl (C=O) groups excluding carboxylic acids is 2. The van der Waals surface area contributed by atoms with Crippen LogP contribution in [0.25, 0.3) is 0 Å². The molecule has 0 aromatic heterocycles. The molecule has 0 aromatic rings. The van der Waals surface area contributed by atoms with E-state index in [0.29, 0.717) is 26.1 Å². The number of nitrogens with zero attached hydrogens (tertiary/aromatic N) is 1. The molecule has 32 heavy (non-hydrogen) atoms. The zero-order chi connectivity index (χ0) is 23.0. The smallest absolute Gasteiger partial charge is 0.306 e. The summed E-state index contributed by atoms with van der Waals surface area (Å²) in [6, 6.07) is 0. The Balaban J connectivity index is 1.24. The zero-order valence-electron chi connectivity index (χ0n) is 20.9. The van der Waals surface area contributed by atoms with Crippen molar-refractivity contribution >= 4 is 11.9 Å². The Kier molecular flexibility index (Phi) is 9.88. The van der Waals surface area contributed by atoms with Gasteiger partial charge in [-0.15, -0.1) is 0 Å². The van der Waals surface area contributed by atoms with E-state index in [2.05, 4.69) is 25.7 Å². The second-order valence-corrected chi connectivity index (χ2v) is 11.3. The molecule has 4 rings (SSSR count). The molecular formula is C27H47NO4. The molecule has 0 amide bonds. The average molecular weight is 450 g/mol. The Morgan fingerprint density at radius 2 is 1.50 bits per heavy atom. The maximum absolute atomic E-state index is 12.6. The van der Waals surface area contributed by atoms with Gasteiger partial charge in [0.05, 0.1) is 19.6 Å². The molecular weight excluding hydrogens is 402 g/mol. The van der Waals surface area contributed by atoms with Gasteiger partial charge in [-0.2, -0.15) is 0 Å². The first-order valence-electron chi connectivity index (χ1n) is 13.4. The van der Waals surface area contributed by atoms with Crippen molar-refractivity contribution < 1.29 is 19.1 Å². The molecule has 5 nitrogen and oxygen atoms in total. The monoisotopic (exact) mass is 449 g/mol. The van der Waals surface area contributed by atoms with Crippen molar-refractivity contribution in [1.82, 2.24) is 4.90 Å². The Labute approximate surface area is 196 Å². The number of esters is 2. The molecule has 0 saturated heterocycles. The number of ether oxygens (including phenoxy) is 2. The molecule has 184 valence electrons. The highest BCUT2D eigenvalue weighted by atomic mass is 16.5. The Morgan fingerprint density at radius 3 is 2.06 bits per heavy atom. The minimum absolute atomic E-state index is 0.0143. The van der Waals surface area contributed by atoms with Crippen molar-refractivity contribution in [3.05, 3.63) is 0 Å². The van der Waals surface area contributed by atoms with E-state index in [1.165, 1.54) is 38.5 Å². The van der Waals surface area contributed by atoms with Crippen LogP contribution in [0.5, 0.6) is 0 Å². The van der Waals surface area contributed by atoms with Gasteiger partial charge in [-0.25, -0.2) is 0 Å². The van der Waals surface area contributed by atoms with Gasteiger partial charge in [0.1, 0.15) is 0 Å². The lowest BCUT2D eigenvalue weighted by Gasteiger charge is -2.56. The summed E-state index contributed by atoms with van der Waals surface area (Å²) >= 11 is 0. The van der Waals surface area contributed by atoms with E-state index in [-0.39, 0.29) is 23.3 Å². The highest BCUT2D eigenvalue weighted by Gasteiger charge is 2.51. The van der Waals surface area contributed by atoms with Crippen LogP contribution in [0, 0.1) is 29.1 Å². The average Bonchev–Trinajstić information content (AvgIpc) is 2.71. The van der Waals surface area contributed by atoms with Gasteiger partial charge in [0.25, 0.3) is 0 Å².